The molecule has 1 atom stereocenters. The second-order valence-electron chi connectivity index (χ2n) is 11.0. The minimum absolute atomic E-state index is 0.596. The van der Waals surface area contributed by atoms with E-state index in [1.807, 2.05) is 12.4 Å². The molecule has 1 aromatic carbocycles. The summed E-state index contributed by atoms with van der Waals surface area (Å²) in [6.45, 7) is 8.66. The smallest absolute Gasteiger partial charge is 0.159 e. The Morgan fingerprint density at radius 3 is 2.11 bits per heavy atom. The van der Waals surface area contributed by atoms with Gasteiger partial charge in [-0.2, -0.15) is 0 Å². The monoisotopic (exact) mass is 474 g/mol. The molecule has 0 radical (unpaired) electrons. The van der Waals surface area contributed by atoms with Gasteiger partial charge < -0.3 is 0 Å². The minimum atomic E-state index is 0.596. The summed E-state index contributed by atoms with van der Waals surface area (Å²) in [6.07, 6.45) is 27.5. The second-order valence-corrected chi connectivity index (χ2v) is 11.0. The van der Waals surface area contributed by atoms with E-state index < -0.39 is 0 Å². The van der Waals surface area contributed by atoms with Crippen molar-refractivity contribution < 1.29 is 0 Å². The summed E-state index contributed by atoms with van der Waals surface area (Å²) < 4.78 is 0. The SMILES string of the molecule is C=CCC(c1ccc(-c2ncc(CCCCCCCC)cn2)cc1)C1CCC(CCCCC)CC1. The summed E-state index contributed by atoms with van der Waals surface area (Å²) in [5, 5.41) is 0. The van der Waals surface area contributed by atoms with Crippen LogP contribution in [0, 0.1) is 11.8 Å². The van der Waals surface area contributed by atoms with Crippen LogP contribution < -0.4 is 0 Å². The van der Waals surface area contributed by atoms with Crippen LogP contribution >= 0.6 is 0 Å². The van der Waals surface area contributed by atoms with E-state index in [9.17, 15) is 0 Å². The van der Waals surface area contributed by atoms with Gasteiger partial charge in [0.1, 0.15) is 0 Å². The fourth-order valence-corrected chi connectivity index (χ4v) is 5.96. The van der Waals surface area contributed by atoms with Crippen LogP contribution in [0.2, 0.25) is 0 Å². The van der Waals surface area contributed by atoms with Gasteiger partial charge in [-0.15, -0.1) is 6.58 Å². The molecule has 1 aliphatic rings. The van der Waals surface area contributed by atoms with Gasteiger partial charge in [0, 0.05) is 18.0 Å². The van der Waals surface area contributed by atoms with Crippen molar-refractivity contribution >= 4 is 0 Å². The summed E-state index contributed by atoms with van der Waals surface area (Å²) in [4.78, 5) is 9.38. The number of aromatic nitrogens is 2. The molecular weight excluding hydrogens is 424 g/mol. The molecule has 1 aliphatic carbocycles. The Balaban J connectivity index is 1.52. The van der Waals surface area contributed by atoms with Gasteiger partial charge in [0.05, 0.1) is 0 Å². The van der Waals surface area contributed by atoms with Gasteiger partial charge in [-0.05, 0) is 61.0 Å². The van der Waals surface area contributed by atoms with E-state index in [-0.39, 0.29) is 0 Å². The predicted octanol–water partition coefficient (Wildman–Crippen LogP) is 10.1. The second kappa shape index (κ2) is 15.9. The Morgan fingerprint density at radius 2 is 1.46 bits per heavy atom. The number of allylic oxidation sites excluding steroid dienone is 1. The molecular formula is C33H50N2. The maximum absolute atomic E-state index is 4.69. The molecule has 1 heterocycles. The van der Waals surface area contributed by atoms with Crippen LogP contribution in [0.25, 0.3) is 11.4 Å². The highest BCUT2D eigenvalue weighted by atomic mass is 14.9. The van der Waals surface area contributed by atoms with Crippen LogP contribution in [0.1, 0.15) is 127 Å². The van der Waals surface area contributed by atoms with Crippen molar-refractivity contribution in [1.82, 2.24) is 9.97 Å². The van der Waals surface area contributed by atoms with E-state index in [1.165, 1.54) is 101 Å². The third kappa shape index (κ3) is 9.21. The van der Waals surface area contributed by atoms with Crippen molar-refractivity contribution in [2.24, 2.45) is 11.8 Å². The summed E-state index contributed by atoms with van der Waals surface area (Å²) in [6, 6.07) is 9.10. The highest BCUT2D eigenvalue weighted by Gasteiger charge is 2.27. The fraction of sp³-hybridized carbons (Fsp3) is 0.636. The maximum Gasteiger partial charge on any atom is 0.159 e. The molecule has 0 N–H and O–H groups in total. The highest BCUT2D eigenvalue weighted by molar-refractivity contribution is 5.55. The third-order valence-corrected chi connectivity index (χ3v) is 8.22. The predicted molar refractivity (Wildman–Crippen MR) is 152 cm³/mol. The lowest BCUT2D eigenvalue weighted by Gasteiger charge is -2.34. The van der Waals surface area contributed by atoms with E-state index in [2.05, 4.69) is 60.7 Å². The number of rotatable bonds is 16. The largest absolute Gasteiger partial charge is 0.236 e. The standard InChI is InChI=1S/C33H50N2/c1-4-7-9-10-11-13-16-28-25-34-33(35-26-28)31-23-21-30(22-24-31)32(14-6-3)29-19-17-27(18-20-29)15-12-8-5-2/h6,21-27,29,32H,3-5,7-20H2,1-2H3. The lowest BCUT2D eigenvalue weighted by Crippen LogP contribution is -2.20. The van der Waals surface area contributed by atoms with Crippen LogP contribution in [0.4, 0.5) is 0 Å². The molecule has 0 saturated heterocycles. The number of hydrogen-bond donors (Lipinski definition) is 0. The molecule has 3 rings (SSSR count). The lowest BCUT2D eigenvalue weighted by molar-refractivity contribution is 0.230. The summed E-state index contributed by atoms with van der Waals surface area (Å²) in [7, 11) is 0. The van der Waals surface area contributed by atoms with E-state index in [0.717, 1.165) is 36.1 Å². The number of unbranched alkanes of at least 4 members (excludes halogenated alkanes) is 7. The zero-order valence-corrected chi connectivity index (χ0v) is 22.7. The molecule has 0 bridgehead atoms. The Morgan fingerprint density at radius 1 is 0.829 bits per heavy atom. The van der Waals surface area contributed by atoms with Crippen LogP contribution in [-0.2, 0) is 6.42 Å². The average Bonchev–Trinajstić information content (AvgIpc) is 2.90. The molecule has 0 amide bonds. The van der Waals surface area contributed by atoms with Gasteiger partial charge in [-0.25, -0.2) is 9.97 Å². The van der Waals surface area contributed by atoms with Crippen LogP contribution in [0.3, 0.4) is 0 Å². The summed E-state index contributed by atoms with van der Waals surface area (Å²) in [5.74, 6) is 3.19. The Labute approximate surface area is 216 Å². The molecule has 2 nitrogen and oxygen atoms in total. The quantitative estimate of drug-likeness (QED) is 0.179. The van der Waals surface area contributed by atoms with Gasteiger partial charge in [-0.3, -0.25) is 0 Å². The number of benzene rings is 1. The Bertz CT molecular complexity index is 815. The first-order valence-electron chi connectivity index (χ1n) is 14.8. The van der Waals surface area contributed by atoms with E-state index in [0.29, 0.717) is 5.92 Å². The van der Waals surface area contributed by atoms with Crippen molar-refractivity contribution in [2.45, 2.75) is 122 Å². The zero-order chi connectivity index (χ0) is 24.7. The zero-order valence-electron chi connectivity index (χ0n) is 22.7. The molecule has 35 heavy (non-hydrogen) atoms. The van der Waals surface area contributed by atoms with Crippen molar-refractivity contribution in [2.75, 3.05) is 0 Å². The third-order valence-electron chi connectivity index (χ3n) is 8.22. The highest BCUT2D eigenvalue weighted by Crippen LogP contribution is 2.41. The molecule has 1 unspecified atom stereocenters. The molecule has 1 saturated carbocycles. The first-order chi connectivity index (χ1) is 17.2. The number of aryl methyl sites for hydroxylation is 1. The van der Waals surface area contributed by atoms with Crippen molar-refractivity contribution in [1.29, 1.82) is 0 Å². The first-order valence-corrected chi connectivity index (χ1v) is 14.8. The van der Waals surface area contributed by atoms with Crippen molar-refractivity contribution in [3.8, 4) is 11.4 Å². The van der Waals surface area contributed by atoms with Crippen molar-refractivity contribution in [3.63, 3.8) is 0 Å². The molecule has 192 valence electrons. The van der Waals surface area contributed by atoms with E-state index >= 15 is 0 Å². The molecule has 1 aromatic heterocycles. The minimum Gasteiger partial charge on any atom is -0.236 e. The molecule has 1 fully saturated rings. The Hall–Kier alpha value is -1.96. The van der Waals surface area contributed by atoms with Gasteiger partial charge in [0.2, 0.25) is 0 Å². The average molecular weight is 475 g/mol. The van der Waals surface area contributed by atoms with Crippen LogP contribution in [-0.4, -0.2) is 9.97 Å². The molecule has 2 aromatic rings. The normalized spacial score (nSPS) is 18.9. The van der Waals surface area contributed by atoms with Crippen LogP contribution in [0.15, 0.2) is 49.3 Å². The maximum atomic E-state index is 4.69. The van der Waals surface area contributed by atoms with Crippen LogP contribution in [0.5, 0.6) is 0 Å². The summed E-state index contributed by atoms with van der Waals surface area (Å²) in [5.41, 5.74) is 3.84. The fourth-order valence-electron chi connectivity index (χ4n) is 5.96. The number of hydrogen-bond acceptors (Lipinski definition) is 2. The van der Waals surface area contributed by atoms with Crippen molar-refractivity contribution in [3.05, 3.63) is 60.4 Å². The van der Waals surface area contributed by atoms with E-state index in [1.54, 1.807) is 0 Å². The molecule has 2 heteroatoms. The Kier molecular flexibility index (Phi) is 12.6. The van der Waals surface area contributed by atoms with Gasteiger partial charge >= 0.3 is 0 Å². The van der Waals surface area contributed by atoms with Gasteiger partial charge in [-0.1, -0.05) is 115 Å². The molecule has 0 spiro atoms. The molecule has 0 aliphatic heterocycles. The van der Waals surface area contributed by atoms with E-state index in [4.69, 9.17) is 0 Å². The topological polar surface area (TPSA) is 25.8 Å². The number of nitrogens with zero attached hydrogens (tertiary/aromatic N) is 2. The summed E-state index contributed by atoms with van der Waals surface area (Å²) >= 11 is 0. The van der Waals surface area contributed by atoms with Gasteiger partial charge in [0.25, 0.3) is 0 Å². The lowest BCUT2D eigenvalue weighted by atomic mass is 9.71. The van der Waals surface area contributed by atoms with Gasteiger partial charge in [0.15, 0.2) is 5.82 Å². The first kappa shape index (κ1) is 27.6.